The van der Waals surface area contributed by atoms with Gasteiger partial charge in [0.15, 0.2) is 0 Å². The van der Waals surface area contributed by atoms with Gasteiger partial charge in [0.25, 0.3) is 15.9 Å². The van der Waals surface area contributed by atoms with Crippen LogP contribution in [0.3, 0.4) is 0 Å². The standard InChI is InChI=1S/C21H29N3O3S/c1-5-24(6-2)13-12-22-21(25)20-15-19(11-10-17(20)4)28(26,27)23-18-9-7-8-16(3)14-18/h7-11,14-15,23H,5-6,12-13H2,1-4H3,(H,22,25). The quantitative estimate of drug-likeness (QED) is 0.674. The van der Waals surface area contributed by atoms with Gasteiger partial charge in [-0.25, -0.2) is 8.42 Å². The van der Waals surface area contributed by atoms with Crippen LogP contribution >= 0.6 is 0 Å². The number of nitrogens with one attached hydrogen (secondary N) is 2. The first-order valence-corrected chi connectivity index (χ1v) is 11.0. The third-order valence-corrected chi connectivity index (χ3v) is 6.02. The van der Waals surface area contributed by atoms with Gasteiger partial charge in [-0.2, -0.15) is 0 Å². The molecule has 0 aromatic heterocycles. The normalized spacial score (nSPS) is 11.5. The second-order valence-electron chi connectivity index (χ2n) is 6.73. The van der Waals surface area contributed by atoms with Crippen LogP contribution in [0.1, 0.15) is 35.3 Å². The van der Waals surface area contributed by atoms with Crippen LogP contribution in [0.15, 0.2) is 47.4 Å². The lowest BCUT2D eigenvalue weighted by atomic mass is 10.1. The molecular formula is C21H29N3O3S. The minimum absolute atomic E-state index is 0.0634. The van der Waals surface area contributed by atoms with Gasteiger partial charge in [-0.05, 0) is 62.3 Å². The van der Waals surface area contributed by atoms with Crippen molar-refractivity contribution in [3.05, 3.63) is 59.2 Å². The number of hydrogen-bond acceptors (Lipinski definition) is 4. The van der Waals surface area contributed by atoms with E-state index >= 15 is 0 Å². The molecule has 0 spiro atoms. The van der Waals surface area contributed by atoms with Crippen LogP contribution in [-0.4, -0.2) is 45.4 Å². The molecule has 0 atom stereocenters. The second-order valence-corrected chi connectivity index (χ2v) is 8.42. The van der Waals surface area contributed by atoms with Crippen molar-refractivity contribution >= 4 is 21.6 Å². The summed E-state index contributed by atoms with van der Waals surface area (Å²) in [5.41, 5.74) is 2.55. The first-order chi connectivity index (χ1) is 13.3. The van der Waals surface area contributed by atoms with Crippen molar-refractivity contribution in [2.75, 3.05) is 30.9 Å². The molecule has 2 N–H and O–H groups in total. The molecule has 0 unspecified atom stereocenters. The minimum atomic E-state index is -3.78. The third-order valence-electron chi connectivity index (χ3n) is 4.64. The number of carbonyl (C=O) groups is 1. The van der Waals surface area contributed by atoms with Crippen LogP contribution < -0.4 is 10.0 Å². The number of rotatable bonds is 9. The molecule has 0 fully saturated rings. The highest BCUT2D eigenvalue weighted by atomic mass is 32.2. The minimum Gasteiger partial charge on any atom is -0.351 e. The molecule has 2 rings (SSSR count). The molecule has 0 aliphatic rings. The SMILES string of the molecule is CCN(CC)CCNC(=O)c1cc(S(=O)(=O)Nc2cccc(C)c2)ccc1C. The molecule has 0 saturated carbocycles. The third kappa shape index (κ3) is 5.81. The van der Waals surface area contributed by atoms with Crippen molar-refractivity contribution < 1.29 is 13.2 Å². The molecule has 0 aliphatic carbocycles. The highest BCUT2D eigenvalue weighted by Crippen LogP contribution is 2.20. The van der Waals surface area contributed by atoms with Gasteiger partial charge in [0.05, 0.1) is 4.90 Å². The molecular weight excluding hydrogens is 374 g/mol. The number of carbonyl (C=O) groups excluding carboxylic acids is 1. The van der Waals surface area contributed by atoms with E-state index in [9.17, 15) is 13.2 Å². The summed E-state index contributed by atoms with van der Waals surface area (Å²) >= 11 is 0. The number of sulfonamides is 1. The zero-order valence-corrected chi connectivity index (χ0v) is 17.8. The summed E-state index contributed by atoms with van der Waals surface area (Å²) in [5, 5.41) is 2.88. The molecule has 2 aromatic carbocycles. The Balaban J connectivity index is 2.16. The van der Waals surface area contributed by atoms with Crippen LogP contribution in [0.25, 0.3) is 0 Å². The van der Waals surface area contributed by atoms with Crippen molar-refractivity contribution in [3.8, 4) is 0 Å². The van der Waals surface area contributed by atoms with E-state index in [-0.39, 0.29) is 10.8 Å². The number of nitrogens with zero attached hydrogens (tertiary/aromatic N) is 1. The fourth-order valence-corrected chi connectivity index (χ4v) is 3.97. The molecule has 0 bridgehead atoms. The number of hydrogen-bond donors (Lipinski definition) is 2. The van der Waals surface area contributed by atoms with Crippen molar-refractivity contribution in [3.63, 3.8) is 0 Å². The lowest BCUT2D eigenvalue weighted by Gasteiger charge is -2.18. The Morgan fingerprint density at radius 3 is 2.39 bits per heavy atom. The maximum atomic E-state index is 12.7. The maximum Gasteiger partial charge on any atom is 0.261 e. The van der Waals surface area contributed by atoms with E-state index < -0.39 is 10.0 Å². The Bertz CT molecular complexity index is 922. The summed E-state index contributed by atoms with van der Waals surface area (Å²) in [5.74, 6) is -0.266. The average Bonchev–Trinajstić information content (AvgIpc) is 2.65. The fourth-order valence-electron chi connectivity index (χ4n) is 2.90. The Kier molecular flexibility index (Phi) is 7.60. The summed E-state index contributed by atoms with van der Waals surface area (Å²) < 4.78 is 28.0. The topological polar surface area (TPSA) is 78.5 Å². The molecule has 6 nitrogen and oxygen atoms in total. The maximum absolute atomic E-state index is 12.7. The first kappa shape index (κ1) is 21.9. The monoisotopic (exact) mass is 403 g/mol. The molecule has 152 valence electrons. The van der Waals surface area contributed by atoms with Crippen molar-refractivity contribution in [1.82, 2.24) is 10.2 Å². The van der Waals surface area contributed by atoms with E-state index in [0.717, 1.165) is 30.8 Å². The van der Waals surface area contributed by atoms with Crippen LogP contribution in [-0.2, 0) is 10.0 Å². The molecule has 2 aromatic rings. The van der Waals surface area contributed by atoms with Crippen LogP contribution in [0.2, 0.25) is 0 Å². The van der Waals surface area contributed by atoms with Gasteiger partial charge in [-0.3, -0.25) is 9.52 Å². The predicted molar refractivity (Wildman–Crippen MR) is 113 cm³/mol. The number of benzene rings is 2. The van der Waals surface area contributed by atoms with Crippen LogP contribution in [0.4, 0.5) is 5.69 Å². The van der Waals surface area contributed by atoms with Gasteiger partial charge in [0.2, 0.25) is 0 Å². The van der Waals surface area contributed by atoms with Gasteiger partial charge in [-0.15, -0.1) is 0 Å². The van der Waals surface area contributed by atoms with Gasteiger partial charge < -0.3 is 10.2 Å². The predicted octanol–water partition coefficient (Wildman–Crippen LogP) is 3.18. The number of anilines is 1. The molecule has 0 radical (unpaired) electrons. The van der Waals surface area contributed by atoms with E-state index in [1.807, 2.05) is 13.0 Å². The Hall–Kier alpha value is -2.38. The molecule has 28 heavy (non-hydrogen) atoms. The van der Waals surface area contributed by atoms with Crippen molar-refractivity contribution in [1.29, 1.82) is 0 Å². The Labute approximate surface area is 168 Å². The fraction of sp³-hybridized carbons (Fsp3) is 0.381. The van der Waals surface area contributed by atoms with Gasteiger partial charge in [0, 0.05) is 24.3 Å². The zero-order chi connectivity index (χ0) is 20.7. The smallest absolute Gasteiger partial charge is 0.261 e. The molecule has 7 heteroatoms. The summed E-state index contributed by atoms with van der Waals surface area (Å²) in [7, 11) is -3.78. The first-order valence-electron chi connectivity index (χ1n) is 9.47. The Morgan fingerprint density at radius 2 is 1.75 bits per heavy atom. The lowest BCUT2D eigenvalue weighted by Crippen LogP contribution is -2.35. The lowest BCUT2D eigenvalue weighted by molar-refractivity contribution is 0.0948. The van der Waals surface area contributed by atoms with E-state index in [1.165, 1.54) is 12.1 Å². The van der Waals surface area contributed by atoms with E-state index in [1.54, 1.807) is 31.2 Å². The largest absolute Gasteiger partial charge is 0.351 e. The van der Waals surface area contributed by atoms with Crippen molar-refractivity contribution in [2.24, 2.45) is 0 Å². The van der Waals surface area contributed by atoms with E-state index in [2.05, 4.69) is 28.8 Å². The van der Waals surface area contributed by atoms with E-state index in [4.69, 9.17) is 0 Å². The number of amides is 1. The Morgan fingerprint density at radius 1 is 1.04 bits per heavy atom. The summed E-state index contributed by atoms with van der Waals surface area (Å²) in [6.45, 7) is 10.9. The van der Waals surface area contributed by atoms with Crippen molar-refractivity contribution in [2.45, 2.75) is 32.6 Å². The average molecular weight is 404 g/mol. The number of aryl methyl sites for hydroxylation is 2. The molecule has 0 saturated heterocycles. The summed E-state index contributed by atoms with van der Waals surface area (Å²) in [4.78, 5) is 14.8. The molecule has 0 aliphatic heterocycles. The zero-order valence-electron chi connectivity index (χ0n) is 17.0. The summed E-state index contributed by atoms with van der Waals surface area (Å²) in [6.07, 6.45) is 0. The summed E-state index contributed by atoms with van der Waals surface area (Å²) in [6, 6.07) is 11.7. The van der Waals surface area contributed by atoms with Crippen LogP contribution in [0.5, 0.6) is 0 Å². The molecule has 1 amide bonds. The van der Waals surface area contributed by atoms with E-state index in [0.29, 0.717) is 17.8 Å². The van der Waals surface area contributed by atoms with Gasteiger partial charge >= 0.3 is 0 Å². The highest BCUT2D eigenvalue weighted by Gasteiger charge is 2.18. The highest BCUT2D eigenvalue weighted by molar-refractivity contribution is 7.92. The second kappa shape index (κ2) is 9.71. The van der Waals surface area contributed by atoms with Crippen LogP contribution in [0, 0.1) is 13.8 Å². The molecule has 0 heterocycles. The van der Waals surface area contributed by atoms with Gasteiger partial charge in [0.1, 0.15) is 0 Å². The number of likely N-dealkylation sites (N-methyl/N-ethyl adjacent to an activating group) is 1. The van der Waals surface area contributed by atoms with Gasteiger partial charge in [-0.1, -0.05) is 32.0 Å².